The summed E-state index contributed by atoms with van der Waals surface area (Å²) < 4.78 is 0. The molecule has 7 heteroatoms. The Morgan fingerprint density at radius 3 is 1.67 bits per heavy atom. The smallest absolute Gasteiger partial charge is 0.271 e. The average molecular weight is 599 g/mol. The van der Waals surface area contributed by atoms with Crippen LogP contribution in [-0.2, 0) is 6.42 Å². The standard InChI is InChI=1S/C14H15N3O.C9H14.C4H10.C3H8.C2H6.C2H2.CH6N2.CH5N/c1-11(9-12-5-3-2-4-6-12)17-14(18)13-10-15-7-8-16-13;1-4-7-9(6-3)8-5-2;1-4(2)3;1-3-2;2*1-2;1-3-2;1-2/h2-8,10-11H,9H2,1H3,(H,17,18);4-8H,1-3H3;4H,1-3H3;3H2,1-2H3;1-2H3;1-2H;3H,2H2,1H3;2H2,1H3/b;7-4-,8-5-;;;;;;. The van der Waals surface area contributed by atoms with E-state index in [4.69, 9.17) is 0 Å². The van der Waals surface area contributed by atoms with Gasteiger partial charge >= 0.3 is 0 Å². The Morgan fingerprint density at radius 2 is 1.35 bits per heavy atom. The highest BCUT2D eigenvalue weighted by atomic mass is 16.1. The number of hydrogen-bond donors (Lipinski definition) is 4. The molecule has 0 aliphatic heterocycles. The minimum atomic E-state index is -0.188. The first-order chi connectivity index (χ1) is 20.7. The summed E-state index contributed by atoms with van der Waals surface area (Å²) in [6.07, 6.45) is 24.9. The second-order valence-electron chi connectivity index (χ2n) is 8.67. The number of carbonyl (C=O) groups excluding carboxylic acids is 1. The van der Waals surface area contributed by atoms with Crippen molar-refractivity contribution in [1.82, 2.24) is 20.7 Å². The SMILES string of the molecule is C#C.CC.CC(C)C.CC(Cc1ccccc1)NC(=O)c1cnccn1.CC=C(/C=C\C)/C=C\C.CCC.CN.CNN. The number of aromatic nitrogens is 2. The average Bonchev–Trinajstić information content (AvgIpc) is 3.02. The van der Waals surface area contributed by atoms with Crippen molar-refractivity contribution in [2.75, 3.05) is 14.1 Å². The Bertz CT molecular complexity index is 858. The second kappa shape index (κ2) is 48.2. The molecule has 0 saturated carbocycles. The second-order valence-corrected chi connectivity index (χ2v) is 8.67. The van der Waals surface area contributed by atoms with E-state index in [-0.39, 0.29) is 11.9 Å². The molecule has 1 unspecified atom stereocenters. The van der Waals surface area contributed by atoms with E-state index in [9.17, 15) is 4.79 Å². The Labute approximate surface area is 266 Å². The summed E-state index contributed by atoms with van der Waals surface area (Å²) in [6, 6.07) is 10.1. The molecule has 1 aromatic carbocycles. The number of rotatable bonds is 6. The molecule has 1 atom stereocenters. The van der Waals surface area contributed by atoms with Crippen molar-refractivity contribution in [3.63, 3.8) is 0 Å². The van der Waals surface area contributed by atoms with E-state index in [0.29, 0.717) is 5.69 Å². The predicted molar refractivity (Wildman–Crippen MR) is 194 cm³/mol. The third kappa shape index (κ3) is 48.5. The number of benzene rings is 1. The van der Waals surface area contributed by atoms with Crippen LogP contribution in [0.1, 0.15) is 98.6 Å². The normalized spacial score (nSPS) is 9.26. The summed E-state index contributed by atoms with van der Waals surface area (Å²) in [7, 11) is 3.15. The number of allylic oxidation sites excluding steroid dienone is 6. The largest absolute Gasteiger partial charge is 0.348 e. The van der Waals surface area contributed by atoms with E-state index in [2.05, 4.69) is 98.0 Å². The van der Waals surface area contributed by atoms with Crippen molar-refractivity contribution in [3.8, 4) is 12.8 Å². The first-order valence-corrected chi connectivity index (χ1v) is 15.0. The van der Waals surface area contributed by atoms with Gasteiger partial charge in [0.25, 0.3) is 5.91 Å². The minimum absolute atomic E-state index is 0.0573. The van der Waals surface area contributed by atoms with Crippen molar-refractivity contribution in [2.24, 2.45) is 17.5 Å². The molecule has 0 saturated heterocycles. The van der Waals surface area contributed by atoms with Gasteiger partial charge in [0, 0.05) is 18.4 Å². The van der Waals surface area contributed by atoms with Crippen LogP contribution in [0.15, 0.2) is 84.9 Å². The lowest BCUT2D eigenvalue weighted by molar-refractivity contribution is 0.0934. The maximum Gasteiger partial charge on any atom is 0.271 e. The van der Waals surface area contributed by atoms with Crippen LogP contribution in [0, 0.1) is 18.8 Å². The molecule has 2 aromatic rings. The number of nitrogens with two attached hydrogens (primary N) is 2. The fourth-order valence-corrected chi connectivity index (χ4v) is 2.37. The van der Waals surface area contributed by atoms with Crippen molar-refractivity contribution >= 4 is 5.91 Å². The van der Waals surface area contributed by atoms with E-state index >= 15 is 0 Å². The maximum absolute atomic E-state index is 11.8. The van der Waals surface area contributed by atoms with E-state index in [1.165, 1.54) is 37.0 Å². The Hall–Kier alpha value is -3.57. The third-order valence-electron chi connectivity index (χ3n) is 3.61. The van der Waals surface area contributed by atoms with Crippen molar-refractivity contribution < 1.29 is 4.79 Å². The van der Waals surface area contributed by atoms with Crippen LogP contribution in [0.25, 0.3) is 0 Å². The van der Waals surface area contributed by atoms with Gasteiger partial charge in [-0.15, -0.1) is 12.8 Å². The number of hydrazine groups is 1. The monoisotopic (exact) mass is 599 g/mol. The van der Waals surface area contributed by atoms with Gasteiger partial charge in [-0.05, 0) is 65.3 Å². The van der Waals surface area contributed by atoms with Gasteiger partial charge < -0.3 is 11.1 Å². The highest BCUT2D eigenvalue weighted by molar-refractivity contribution is 5.92. The van der Waals surface area contributed by atoms with Gasteiger partial charge in [-0.25, -0.2) is 4.98 Å². The number of carbonyl (C=O) groups is 1. The number of nitrogens with zero attached hydrogens (tertiary/aromatic N) is 2. The van der Waals surface area contributed by atoms with Gasteiger partial charge in [-0.2, -0.15) is 0 Å². The van der Waals surface area contributed by atoms with Crippen LogP contribution in [-0.4, -0.2) is 36.0 Å². The number of amides is 1. The molecule has 0 radical (unpaired) electrons. The lowest BCUT2D eigenvalue weighted by Gasteiger charge is -2.13. The third-order valence-corrected chi connectivity index (χ3v) is 3.61. The molecule has 0 fully saturated rings. The van der Waals surface area contributed by atoms with Crippen LogP contribution >= 0.6 is 0 Å². The highest BCUT2D eigenvalue weighted by Crippen LogP contribution is 2.03. The molecule has 0 spiro atoms. The summed E-state index contributed by atoms with van der Waals surface area (Å²) in [5.41, 5.74) is 9.56. The molecule has 1 aromatic heterocycles. The fourth-order valence-electron chi connectivity index (χ4n) is 2.37. The summed E-state index contributed by atoms with van der Waals surface area (Å²) in [5, 5.41) is 2.90. The maximum atomic E-state index is 11.8. The van der Waals surface area contributed by atoms with Crippen LogP contribution in [0.4, 0.5) is 0 Å². The molecule has 6 N–H and O–H groups in total. The van der Waals surface area contributed by atoms with Crippen LogP contribution in [0.3, 0.4) is 0 Å². The molecule has 2 rings (SSSR count). The topological polar surface area (TPSA) is 119 Å². The summed E-state index contributed by atoms with van der Waals surface area (Å²) in [6.45, 7) is 22.8. The van der Waals surface area contributed by atoms with Crippen molar-refractivity contribution in [3.05, 3.63) is 96.1 Å². The van der Waals surface area contributed by atoms with Crippen LogP contribution in [0.5, 0.6) is 0 Å². The lowest BCUT2D eigenvalue weighted by Crippen LogP contribution is -2.34. The molecular formula is C36H66N6O. The van der Waals surface area contributed by atoms with Crippen molar-refractivity contribution in [2.45, 2.75) is 95.0 Å². The summed E-state index contributed by atoms with van der Waals surface area (Å²) in [4.78, 5) is 19.7. The minimum Gasteiger partial charge on any atom is -0.348 e. The Kier molecular flexibility index (Phi) is 58.4. The first kappa shape index (κ1) is 52.1. The first-order valence-electron chi connectivity index (χ1n) is 15.0. The van der Waals surface area contributed by atoms with Gasteiger partial charge in [0.15, 0.2) is 0 Å². The van der Waals surface area contributed by atoms with E-state index in [0.717, 1.165) is 12.3 Å². The van der Waals surface area contributed by atoms with Gasteiger partial charge in [-0.1, -0.05) is 116 Å². The summed E-state index contributed by atoms with van der Waals surface area (Å²) >= 11 is 0. The number of terminal acetylenes is 1. The molecule has 1 amide bonds. The van der Waals surface area contributed by atoms with E-state index in [1.807, 2.05) is 84.0 Å². The molecule has 7 nitrogen and oxygen atoms in total. The molecule has 246 valence electrons. The predicted octanol–water partition coefficient (Wildman–Crippen LogP) is 7.93. The molecular weight excluding hydrogens is 532 g/mol. The van der Waals surface area contributed by atoms with Crippen molar-refractivity contribution in [1.29, 1.82) is 0 Å². The number of hydrogen-bond acceptors (Lipinski definition) is 6. The zero-order valence-electron chi connectivity index (χ0n) is 29.7. The quantitative estimate of drug-likeness (QED) is 0.116. The molecule has 0 aliphatic carbocycles. The van der Waals surface area contributed by atoms with Gasteiger partial charge in [0.1, 0.15) is 5.69 Å². The molecule has 1 heterocycles. The fraction of sp³-hybridized carbons (Fsp3) is 0.472. The van der Waals surface area contributed by atoms with Gasteiger partial charge in [-0.3, -0.25) is 21.0 Å². The zero-order chi connectivity index (χ0) is 34.9. The zero-order valence-corrected chi connectivity index (χ0v) is 29.7. The van der Waals surface area contributed by atoms with Crippen LogP contribution < -0.4 is 22.3 Å². The van der Waals surface area contributed by atoms with Gasteiger partial charge in [0.2, 0.25) is 0 Å². The summed E-state index contributed by atoms with van der Waals surface area (Å²) in [5.74, 6) is 5.24. The van der Waals surface area contributed by atoms with Crippen LogP contribution in [0.2, 0.25) is 0 Å². The molecule has 43 heavy (non-hydrogen) atoms. The lowest BCUT2D eigenvalue weighted by atomic mass is 10.1. The Balaban J connectivity index is -0.000000115. The van der Waals surface area contributed by atoms with E-state index < -0.39 is 0 Å². The highest BCUT2D eigenvalue weighted by Gasteiger charge is 2.11. The molecule has 0 aliphatic rings. The van der Waals surface area contributed by atoms with E-state index in [1.54, 1.807) is 13.2 Å². The molecule has 0 bridgehead atoms. The Morgan fingerprint density at radius 1 is 0.930 bits per heavy atom. The van der Waals surface area contributed by atoms with Gasteiger partial charge in [0.05, 0.1) is 6.20 Å². The number of nitrogens with one attached hydrogen (secondary N) is 2.